The summed E-state index contributed by atoms with van der Waals surface area (Å²) in [4.78, 5) is 29.3. The number of pyridine rings is 1. The minimum Gasteiger partial charge on any atom is -0.368 e. The molecule has 7 nitrogen and oxygen atoms in total. The lowest BCUT2D eigenvalue weighted by atomic mass is 9.96. The monoisotopic (exact) mass is 458 g/mol. The van der Waals surface area contributed by atoms with Crippen molar-refractivity contribution >= 4 is 34.1 Å². The normalized spacial score (nSPS) is 19.2. The molecule has 3 aromatic heterocycles. The molecule has 1 unspecified atom stereocenters. The molecule has 8 heteroatoms. The van der Waals surface area contributed by atoms with Gasteiger partial charge in [0.05, 0.1) is 17.0 Å². The summed E-state index contributed by atoms with van der Waals surface area (Å²) in [7, 11) is 0. The third-order valence-electron chi connectivity index (χ3n) is 7.07. The van der Waals surface area contributed by atoms with Crippen LogP contribution in [0.15, 0.2) is 60.9 Å². The predicted molar refractivity (Wildman–Crippen MR) is 131 cm³/mol. The number of hydrogen-bond donors (Lipinski definition) is 0. The fraction of sp³-hybridized carbons (Fsp3) is 0.346. The van der Waals surface area contributed by atoms with Crippen LogP contribution in [-0.2, 0) is 4.79 Å². The number of carbonyl (C=O) groups excluding carboxylic acids is 1. The zero-order chi connectivity index (χ0) is 23.1. The van der Waals surface area contributed by atoms with Crippen LogP contribution in [0.2, 0.25) is 0 Å². The van der Waals surface area contributed by atoms with E-state index in [-0.39, 0.29) is 17.6 Å². The third-order valence-corrected chi connectivity index (χ3v) is 7.07. The molecular weight excluding hydrogens is 431 g/mol. The van der Waals surface area contributed by atoms with E-state index in [1.165, 1.54) is 12.1 Å². The molecule has 0 spiro atoms. The Morgan fingerprint density at radius 2 is 1.71 bits per heavy atom. The number of benzene rings is 1. The number of anilines is 2. The summed E-state index contributed by atoms with van der Waals surface area (Å²) in [5.41, 5.74) is 3.74. The molecule has 5 heterocycles. The first-order valence-corrected chi connectivity index (χ1v) is 11.9. The first-order chi connectivity index (χ1) is 16.7. The van der Waals surface area contributed by atoms with Crippen LogP contribution in [0, 0.1) is 11.7 Å². The van der Waals surface area contributed by atoms with E-state index in [2.05, 4.69) is 25.3 Å². The Labute approximate surface area is 197 Å². The molecule has 1 aromatic carbocycles. The van der Waals surface area contributed by atoms with Gasteiger partial charge in [0.25, 0.3) is 0 Å². The molecule has 0 saturated carbocycles. The van der Waals surface area contributed by atoms with Crippen molar-refractivity contribution in [2.75, 3.05) is 49.1 Å². The van der Waals surface area contributed by atoms with Crippen molar-refractivity contribution in [3.05, 3.63) is 66.7 Å². The van der Waals surface area contributed by atoms with E-state index in [0.29, 0.717) is 25.3 Å². The highest BCUT2D eigenvalue weighted by atomic mass is 19.1. The zero-order valence-electron chi connectivity index (χ0n) is 19.0. The average molecular weight is 459 g/mol. The summed E-state index contributed by atoms with van der Waals surface area (Å²) in [6.07, 6.45) is 5.66. The molecule has 2 aliphatic heterocycles. The highest BCUT2D eigenvalue weighted by Gasteiger charge is 2.32. The zero-order valence-corrected chi connectivity index (χ0v) is 19.0. The maximum absolute atomic E-state index is 13.4. The summed E-state index contributed by atoms with van der Waals surface area (Å²) in [5, 5.41) is 0. The van der Waals surface area contributed by atoms with Crippen LogP contribution in [0.5, 0.6) is 0 Å². The Balaban J connectivity index is 1.17. The largest absolute Gasteiger partial charge is 0.368 e. The molecular formula is C26H27FN6O. The van der Waals surface area contributed by atoms with E-state index < -0.39 is 0 Å². The second kappa shape index (κ2) is 8.59. The van der Waals surface area contributed by atoms with Crippen LogP contribution in [0.1, 0.15) is 12.8 Å². The van der Waals surface area contributed by atoms with Crippen molar-refractivity contribution < 1.29 is 9.18 Å². The quantitative estimate of drug-likeness (QED) is 0.470. The van der Waals surface area contributed by atoms with Gasteiger partial charge in [0.2, 0.25) is 5.91 Å². The van der Waals surface area contributed by atoms with E-state index in [9.17, 15) is 9.18 Å². The molecule has 2 aliphatic rings. The fourth-order valence-electron chi connectivity index (χ4n) is 5.29. The Kier molecular flexibility index (Phi) is 5.28. The van der Waals surface area contributed by atoms with Crippen LogP contribution < -0.4 is 9.80 Å². The molecule has 1 amide bonds. The van der Waals surface area contributed by atoms with Crippen LogP contribution in [0.25, 0.3) is 16.7 Å². The lowest BCUT2D eigenvalue weighted by molar-refractivity contribution is -0.136. The van der Waals surface area contributed by atoms with Crippen molar-refractivity contribution in [1.82, 2.24) is 19.3 Å². The number of halogens is 1. The summed E-state index contributed by atoms with van der Waals surface area (Å²) in [6.45, 7) is 4.45. The van der Waals surface area contributed by atoms with Gasteiger partial charge in [-0.25, -0.2) is 14.4 Å². The summed E-state index contributed by atoms with van der Waals surface area (Å²) in [5.74, 6) is 0.861. The van der Waals surface area contributed by atoms with Crippen LogP contribution in [-0.4, -0.2) is 64.4 Å². The summed E-state index contributed by atoms with van der Waals surface area (Å²) >= 11 is 0. The van der Waals surface area contributed by atoms with Gasteiger partial charge in [-0.2, -0.15) is 0 Å². The molecule has 2 saturated heterocycles. The number of nitrogens with zero attached hydrogens (tertiary/aromatic N) is 6. The van der Waals surface area contributed by atoms with E-state index in [1.807, 2.05) is 29.3 Å². The Hall–Kier alpha value is -3.68. The van der Waals surface area contributed by atoms with Crippen molar-refractivity contribution in [2.45, 2.75) is 12.8 Å². The van der Waals surface area contributed by atoms with Gasteiger partial charge in [-0.1, -0.05) is 0 Å². The van der Waals surface area contributed by atoms with E-state index >= 15 is 0 Å². The maximum atomic E-state index is 13.4. The number of fused-ring (bicyclic) bond motifs is 3. The smallest absolute Gasteiger partial charge is 0.227 e. The molecule has 174 valence electrons. The van der Waals surface area contributed by atoms with Gasteiger partial charge in [0.1, 0.15) is 5.82 Å². The highest BCUT2D eigenvalue weighted by molar-refractivity contribution is 5.84. The fourth-order valence-corrected chi connectivity index (χ4v) is 5.29. The second-order valence-electron chi connectivity index (χ2n) is 9.12. The Bertz CT molecular complexity index is 1330. The number of amides is 1. The number of hydrogen-bond acceptors (Lipinski definition) is 5. The Morgan fingerprint density at radius 3 is 2.53 bits per heavy atom. The second-order valence-corrected chi connectivity index (χ2v) is 9.12. The lowest BCUT2D eigenvalue weighted by Gasteiger charge is -2.40. The summed E-state index contributed by atoms with van der Waals surface area (Å²) < 4.78 is 15.4. The van der Waals surface area contributed by atoms with E-state index in [0.717, 1.165) is 55.0 Å². The molecule has 0 bridgehead atoms. The van der Waals surface area contributed by atoms with Gasteiger partial charge in [-0.3, -0.25) is 4.79 Å². The highest BCUT2D eigenvalue weighted by Crippen LogP contribution is 2.29. The van der Waals surface area contributed by atoms with Gasteiger partial charge in [0.15, 0.2) is 11.5 Å². The molecule has 4 aromatic rings. The van der Waals surface area contributed by atoms with Crippen molar-refractivity contribution in [2.24, 2.45) is 5.92 Å². The average Bonchev–Trinajstić information content (AvgIpc) is 3.39. The van der Waals surface area contributed by atoms with Crippen molar-refractivity contribution in [3.63, 3.8) is 0 Å². The van der Waals surface area contributed by atoms with Crippen LogP contribution in [0.3, 0.4) is 0 Å². The molecule has 6 rings (SSSR count). The van der Waals surface area contributed by atoms with E-state index in [1.54, 1.807) is 18.3 Å². The molecule has 0 radical (unpaired) electrons. The first-order valence-electron chi connectivity index (χ1n) is 11.9. The molecule has 1 atom stereocenters. The standard InChI is InChI=1S/C26H27FN6O/c27-20-7-9-21(10-8-20)30-14-16-31(17-15-30)26(34)19-4-2-12-32(18-19)25-23-6-3-13-33(23)22-5-1-11-28-24(22)29-25/h1,3,5-11,13,19H,2,4,12,14-18H2. The number of piperazine rings is 1. The van der Waals surface area contributed by atoms with Gasteiger partial charge >= 0.3 is 0 Å². The van der Waals surface area contributed by atoms with Crippen LogP contribution >= 0.6 is 0 Å². The minimum absolute atomic E-state index is 0.0395. The molecule has 0 N–H and O–H groups in total. The Morgan fingerprint density at radius 1 is 0.912 bits per heavy atom. The molecule has 34 heavy (non-hydrogen) atoms. The van der Waals surface area contributed by atoms with Gasteiger partial charge in [-0.05, 0) is 61.4 Å². The number of rotatable bonds is 3. The minimum atomic E-state index is -0.228. The van der Waals surface area contributed by atoms with Crippen LogP contribution in [0.4, 0.5) is 15.9 Å². The molecule has 2 fully saturated rings. The number of carbonyl (C=O) groups is 1. The maximum Gasteiger partial charge on any atom is 0.227 e. The van der Waals surface area contributed by atoms with Gasteiger partial charge < -0.3 is 19.1 Å². The van der Waals surface area contributed by atoms with Gasteiger partial charge in [-0.15, -0.1) is 0 Å². The topological polar surface area (TPSA) is 57.0 Å². The summed E-state index contributed by atoms with van der Waals surface area (Å²) in [6, 6.07) is 14.6. The molecule has 0 aliphatic carbocycles. The SMILES string of the molecule is O=C(C1CCCN(c2nc3ncccc3n3cccc23)C1)N1CCN(c2ccc(F)cc2)CC1. The van der Waals surface area contributed by atoms with Crippen molar-refractivity contribution in [3.8, 4) is 0 Å². The predicted octanol–water partition coefficient (Wildman–Crippen LogP) is 3.59. The van der Waals surface area contributed by atoms with Gasteiger partial charge in [0, 0.05) is 57.3 Å². The lowest BCUT2D eigenvalue weighted by Crippen LogP contribution is -2.52. The third kappa shape index (κ3) is 3.73. The number of piperidine rings is 1. The van der Waals surface area contributed by atoms with E-state index in [4.69, 9.17) is 4.98 Å². The number of aromatic nitrogens is 3. The first kappa shape index (κ1) is 20.9. The van der Waals surface area contributed by atoms with Crippen molar-refractivity contribution in [1.29, 1.82) is 0 Å².